The van der Waals surface area contributed by atoms with Gasteiger partial charge in [0.05, 0.1) is 6.61 Å². The molecule has 0 aliphatic rings. The van der Waals surface area contributed by atoms with E-state index in [1.54, 1.807) is 6.07 Å². The van der Waals surface area contributed by atoms with E-state index in [1.165, 1.54) is 0 Å². The summed E-state index contributed by atoms with van der Waals surface area (Å²) in [4.78, 5) is 0. The van der Waals surface area contributed by atoms with E-state index >= 15 is 0 Å². The molecule has 0 aliphatic heterocycles. The maximum Gasteiger partial charge on any atom is 0.123 e. The molecule has 2 nitrogen and oxygen atoms in total. The SMILES string of the molecule is Cc1ccc(Pc2cc(C)ccc2O)c(CO)c1. The monoisotopic (exact) mass is 260 g/mol. The van der Waals surface area contributed by atoms with Gasteiger partial charge in [-0.1, -0.05) is 44.0 Å². The highest BCUT2D eigenvalue weighted by Crippen LogP contribution is 2.21. The smallest absolute Gasteiger partial charge is 0.123 e. The van der Waals surface area contributed by atoms with Crippen molar-refractivity contribution in [1.29, 1.82) is 0 Å². The zero-order valence-electron chi connectivity index (χ0n) is 10.6. The van der Waals surface area contributed by atoms with Crippen molar-refractivity contribution in [1.82, 2.24) is 0 Å². The topological polar surface area (TPSA) is 40.5 Å². The molecule has 0 bridgehead atoms. The first-order valence-electron chi connectivity index (χ1n) is 5.87. The summed E-state index contributed by atoms with van der Waals surface area (Å²) in [5, 5.41) is 21.3. The van der Waals surface area contributed by atoms with Gasteiger partial charge in [-0.25, -0.2) is 0 Å². The Morgan fingerprint density at radius 3 is 2.33 bits per heavy atom. The first-order chi connectivity index (χ1) is 8.60. The second kappa shape index (κ2) is 5.51. The Labute approximate surface area is 109 Å². The molecule has 0 saturated carbocycles. The molecule has 2 aromatic rings. The third-order valence-corrected chi connectivity index (χ3v) is 4.28. The van der Waals surface area contributed by atoms with E-state index < -0.39 is 0 Å². The molecule has 3 heteroatoms. The molecule has 94 valence electrons. The molecule has 1 unspecified atom stereocenters. The van der Waals surface area contributed by atoms with Crippen LogP contribution in [0.3, 0.4) is 0 Å². The van der Waals surface area contributed by atoms with E-state index in [4.69, 9.17) is 0 Å². The molecule has 0 aromatic heterocycles. The normalized spacial score (nSPS) is 11.3. The highest BCUT2D eigenvalue weighted by atomic mass is 31.1. The van der Waals surface area contributed by atoms with E-state index in [2.05, 4.69) is 0 Å². The zero-order chi connectivity index (χ0) is 13.1. The molecule has 18 heavy (non-hydrogen) atoms. The Morgan fingerprint density at radius 2 is 1.61 bits per heavy atom. The van der Waals surface area contributed by atoms with Crippen LogP contribution in [0, 0.1) is 13.8 Å². The Hall–Kier alpha value is -1.37. The highest BCUT2D eigenvalue weighted by molar-refractivity contribution is 7.55. The van der Waals surface area contributed by atoms with Crippen molar-refractivity contribution in [2.75, 3.05) is 0 Å². The van der Waals surface area contributed by atoms with Gasteiger partial charge in [0, 0.05) is 5.30 Å². The standard InChI is InChI=1S/C15H17O2P/c1-10-4-6-14(12(7-10)9-16)18-15-8-11(2)3-5-13(15)17/h3-8,16-18H,9H2,1-2H3. The van der Waals surface area contributed by atoms with Crippen molar-refractivity contribution in [3.8, 4) is 5.75 Å². The zero-order valence-corrected chi connectivity index (χ0v) is 11.6. The maximum absolute atomic E-state index is 9.86. The van der Waals surface area contributed by atoms with Crippen LogP contribution in [0.2, 0.25) is 0 Å². The Balaban J connectivity index is 2.36. The minimum atomic E-state index is 0.0383. The number of aliphatic hydroxyl groups is 1. The fourth-order valence-corrected chi connectivity index (χ4v) is 3.15. The maximum atomic E-state index is 9.86. The molecule has 2 aromatic carbocycles. The van der Waals surface area contributed by atoms with Crippen molar-refractivity contribution in [3.05, 3.63) is 53.1 Å². The van der Waals surface area contributed by atoms with Crippen molar-refractivity contribution in [2.24, 2.45) is 0 Å². The van der Waals surface area contributed by atoms with Crippen LogP contribution in [0.1, 0.15) is 16.7 Å². The fourth-order valence-electron chi connectivity index (χ4n) is 1.87. The first-order valence-corrected chi connectivity index (χ1v) is 6.87. The number of aryl methyl sites for hydroxylation is 2. The van der Waals surface area contributed by atoms with Crippen LogP contribution >= 0.6 is 8.58 Å². The highest BCUT2D eigenvalue weighted by Gasteiger charge is 2.07. The number of phenolic OH excluding ortho intramolecular Hbond substituents is 1. The number of aromatic hydroxyl groups is 1. The van der Waals surface area contributed by atoms with E-state index in [9.17, 15) is 10.2 Å². The number of phenols is 1. The number of hydrogen-bond acceptors (Lipinski definition) is 2. The third-order valence-electron chi connectivity index (χ3n) is 2.85. The van der Waals surface area contributed by atoms with Gasteiger partial charge in [-0.15, -0.1) is 0 Å². The van der Waals surface area contributed by atoms with Gasteiger partial charge in [0.25, 0.3) is 0 Å². The predicted molar refractivity (Wildman–Crippen MR) is 77.5 cm³/mol. The van der Waals surface area contributed by atoms with Gasteiger partial charge in [-0.3, -0.25) is 0 Å². The summed E-state index contributed by atoms with van der Waals surface area (Å²) in [6.07, 6.45) is 0. The van der Waals surface area contributed by atoms with Crippen LogP contribution in [-0.2, 0) is 6.61 Å². The van der Waals surface area contributed by atoms with Crippen LogP contribution in [-0.4, -0.2) is 10.2 Å². The lowest BCUT2D eigenvalue weighted by Crippen LogP contribution is -2.10. The third kappa shape index (κ3) is 2.90. The summed E-state index contributed by atoms with van der Waals surface area (Å²) in [6, 6.07) is 11.7. The molecular formula is C15H17O2P. The number of aliphatic hydroxyl groups excluding tert-OH is 1. The van der Waals surface area contributed by atoms with Crippen molar-refractivity contribution in [3.63, 3.8) is 0 Å². The number of rotatable bonds is 3. The largest absolute Gasteiger partial charge is 0.507 e. The van der Waals surface area contributed by atoms with Crippen LogP contribution < -0.4 is 10.6 Å². The molecular weight excluding hydrogens is 243 g/mol. The van der Waals surface area contributed by atoms with Gasteiger partial charge in [-0.2, -0.15) is 0 Å². The van der Waals surface area contributed by atoms with Gasteiger partial charge in [0.15, 0.2) is 0 Å². The molecule has 0 radical (unpaired) electrons. The lowest BCUT2D eigenvalue weighted by Gasteiger charge is -2.10. The fraction of sp³-hybridized carbons (Fsp3) is 0.200. The van der Waals surface area contributed by atoms with Crippen LogP contribution in [0.4, 0.5) is 0 Å². The summed E-state index contributed by atoms with van der Waals surface area (Å²) in [7, 11) is 0.364. The van der Waals surface area contributed by atoms with Gasteiger partial charge in [0.1, 0.15) is 5.75 Å². The molecule has 0 amide bonds. The summed E-state index contributed by atoms with van der Waals surface area (Å²) in [5.41, 5.74) is 3.21. The average Bonchev–Trinajstić information content (AvgIpc) is 2.36. The van der Waals surface area contributed by atoms with Gasteiger partial charge in [0.2, 0.25) is 0 Å². The Kier molecular flexibility index (Phi) is 4.00. The van der Waals surface area contributed by atoms with Gasteiger partial charge >= 0.3 is 0 Å². The van der Waals surface area contributed by atoms with Crippen molar-refractivity contribution < 1.29 is 10.2 Å². The predicted octanol–water partition coefficient (Wildman–Crippen LogP) is 2.13. The van der Waals surface area contributed by atoms with E-state index in [0.717, 1.165) is 27.3 Å². The minimum Gasteiger partial charge on any atom is -0.507 e. The Bertz CT molecular complexity index is 564. The van der Waals surface area contributed by atoms with E-state index in [-0.39, 0.29) is 6.61 Å². The molecule has 0 saturated heterocycles. The second-order valence-corrected chi connectivity index (χ2v) is 5.79. The van der Waals surface area contributed by atoms with Crippen LogP contribution in [0.5, 0.6) is 5.75 Å². The molecule has 2 rings (SSSR count). The summed E-state index contributed by atoms with van der Waals surface area (Å²) < 4.78 is 0. The van der Waals surface area contributed by atoms with Crippen LogP contribution in [0.25, 0.3) is 0 Å². The number of benzene rings is 2. The quantitative estimate of drug-likeness (QED) is 0.830. The van der Waals surface area contributed by atoms with Gasteiger partial charge < -0.3 is 10.2 Å². The lowest BCUT2D eigenvalue weighted by atomic mass is 10.1. The summed E-state index contributed by atoms with van der Waals surface area (Å²) in [6.45, 7) is 4.06. The molecule has 0 spiro atoms. The summed E-state index contributed by atoms with van der Waals surface area (Å²) >= 11 is 0. The lowest BCUT2D eigenvalue weighted by molar-refractivity contribution is 0.283. The van der Waals surface area contributed by atoms with Crippen LogP contribution in [0.15, 0.2) is 36.4 Å². The molecule has 0 heterocycles. The number of hydrogen-bond donors (Lipinski definition) is 2. The molecule has 1 atom stereocenters. The molecule has 2 N–H and O–H groups in total. The summed E-state index contributed by atoms with van der Waals surface area (Å²) in [5.74, 6) is 0.323. The minimum absolute atomic E-state index is 0.0383. The molecule has 0 fully saturated rings. The van der Waals surface area contributed by atoms with Gasteiger partial charge in [-0.05, 0) is 36.8 Å². The molecule has 0 aliphatic carbocycles. The van der Waals surface area contributed by atoms with E-state index in [1.807, 2.05) is 44.2 Å². The van der Waals surface area contributed by atoms with E-state index in [0.29, 0.717) is 14.3 Å². The second-order valence-electron chi connectivity index (χ2n) is 4.46. The van der Waals surface area contributed by atoms with Crippen molar-refractivity contribution >= 4 is 19.2 Å². The first kappa shape index (κ1) is 13.1. The van der Waals surface area contributed by atoms with Crippen molar-refractivity contribution in [2.45, 2.75) is 20.5 Å². The Morgan fingerprint density at radius 1 is 0.944 bits per heavy atom. The average molecular weight is 260 g/mol.